The van der Waals surface area contributed by atoms with Crippen LogP contribution in [0.25, 0.3) is 0 Å². The molecule has 0 saturated heterocycles. The molecule has 0 saturated carbocycles. The number of nitrogens with zero attached hydrogens (tertiary/aromatic N) is 2. The summed E-state index contributed by atoms with van der Waals surface area (Å²) < 4.78 is 0. The van der Waals surface area contributed by atoms with Crippen LogP contribution < -0.4 is 11.1 Å². The first-order valence-electron chi connectivity index (χ1n) is 5.04. The predicted octanol–water partition coefficient (Wildman–Crippen LogP) is 0.975. The van der Waals surface area contributed by atoms with Crippen LogP contribution in [-0.4, -0.2) is 27.7 Å². The third-order valence-electron chi connectivity index (χ3n) is 2.15. The molecule has 5 heteroatoms. The quantitative estimate of drug-likeness (QED) is 0.689. The van der Waals surface area contributed by atoms with Crippen molar-refractivity contribution in [2.75, 3.05) is 17.7 Å². The van der Waals surface area contributed by atoms with Crippen LogP contribution >= 0.6 is 0 Å². The first-order valence-corrected chi connectivity index (χ1v) is 5.04. The number of hydrogen-bond donors (Lipinski definition) is 3. The van der Waals surface area contributed by atoms with E-state index in [9.17, 15) is 0 Å². The molecule has 0 bridgehead atoms. The molecule has 0 radical (unpaired) electrons. The Bertz CT molecular complexity index is 327. The normalized spacial score (nSPS) is 12.9. The smallest absolute Gasteiger partial charge is 0.135 e. The number of rotatable bonds is 4. The van der Waals surface area contributed by atoms with E-state index >= 15 is 0 Å². The van der Waals surface area contributed by atoms with Crippen LogP contribution in [0.3, 0.4) is 0 Å². The van der Waals surface area contributed by atoms with Gasteiger partial charge in [0.1, 0.15) is 18.0 Å². The van der Waals surface area contributed by atoms with Gasteiger partial charge in [0.05, 0.1) is 6.61 Å². The largest absolute Gasteiger partial charge is 0.394 e. The van der Waals surface area contributed by atoms with Crippen molar-refractivity contribution in [2.45, 2.75) is 32.7 Å². The van der Waals surface area contributed by atoms with Crippen molar-refractivity contribution in [1.29, 1.82) is 0 Å². The van der Waals surface area contributed by atoms with Gasteiger partial charge in [-0.2, -0.15) is 0 Å². The molecule has 4 N–H and O–H groups in total. The second-order valence-electron chi connectivity index (χ2n) is 3.90. The fourth-order valence-electron chi connectivity index (χ4n) is 1.37. The third kappa shape index (κ3) is 2.79. The number of aliphatic hydroxyl groups is 1. The Labute approximate surface area is 89.7 Å². The number of nitrogen functional groups attached to an aromatic ring is 1. The summed E-state index contributed by atoms with van der Waals surface area (Å²) in [5, 5.41) is 12.1. The second kappa shape index (κ2) is 4.93. The number of aliphatic hydroxyl groups excluding tert-OH is 1. The van der Waals surface area contributed by atoms with Gasteiger partial charge >= 0.3 is 0 Å². The summed E-state index contributed by atoms with van der Waals surface area (Å²) in [5.74, 6) is 1.45. The highest BCUT2D eigenvalue weighted by Gasteiger charge is 2.13. The van der Waals surface area contributed by atoms with Gasteiger partial charge in [0.15, 0.2) is 0 Å². The summed E-state index contributed by atoms with van der Waals surface area (Å²) in [4.78, 5) is 8.09. The highest BCUT2D eigenvalue weighted by atomic mass is 16.3. The molecule has 0 spiro atoms. The molecule has 1 rings (SSSR count). The van der Waals surface area contributed by atoms with E-state index in [2.05, 4.69) is 15.3 Å². The lowest BCUT2D eigenvalue weighted by Gasteiger charge is -2.17. The third-order valence-corrected chi connectivity index (χ3v) is 2.15. The summed E-state index contributed by atoms with van der Waals surface area (Å²) >= 11 is 0. The molecule has 0 aliphatic rings. The SMILES string of the molecule is CC(CO)Nc1ncnc(N)c1C(C)C. The summed E-state index contributed by atoms with van der Waals surface area (Å²) in [6, 6.07) is -0.0446. The van der Waals surface area contributed by atoms with Gasteiger partial charge in [0, 0.05) is 11.6 Å². The standard InChI is InChI=1S/C10H18N4O/c1-6(2)8-9(11)12-5-13-10(8)14-7(3)4-15/h5-7,15H,4H2,1-3H3,(H3,11,12,13,14). The molecule has 15 heavy (non-hydrogen) atoms. The van der Waals surface area contributed by atoms with Crippen LogP contribution in [0.4, 0.5) is 11.6 Å². The fraction of sp³-hybridized carbons (Fsp3) is 0.600. The molecule has 0 aromatic carbocycles. The van der Waals surface area contributed by atoms with Gasteiger partial charge in [0.2, 0.25) is 0 Å². The maximum atomic E-state index is 8.96. The van der Waals surface area contributed by atoms with Gasteiger partial charge < -0.3 is 16.2 Å². The molecule has 5 nitrogen and oxygen atoms in total. The van der Waals surface area contributed by atoms with Crippen molar-refractivity contribution in [3.05, 3.63) is 11.9 Å². The Kier molecular flexibility index (Phi) is 3.85. The van der Waals surface area contributed by atoms with Crippen LogP contribution in [0.15, 0.2) is 6.33 Å². The number of nitrogens with one attached hydrogen (secondary N) is 1. The number of anilines is 2. The van der Waals surface area contributed by atoms with Gasteiger partial charge in [-0.15, -0.1) is 0 Å². The second-order valence-corrected chi connectivity index (χ2v) is 3.90. The molecule has 1 atom stereocenters. The highest BCUT2D eigenvalue weighted by Crippen LogP contribution is 2.26. The van der Waals surface area contributed by atoms with Crippen molar-refractivity contribution in [1.82, 2.24) is 9.97 Å². The molecular weight excluding hydrogens is 192 g/mol. The molecule has 1 aromatic rings. The lowest BCUT2D eigenvalue weighted by atomic mass is 10.0. The minimum Gasteiger partial charge on any atom is -0.394 e. The molecule has 1 aromatic heterocycles. The van der Waals surface area contributed by atoms with E-state index in [1.807, 2.05) is 20.8 Å². The molecule has 0 amide bonds. The van der Waals surface area contributed by atoms with Gasteiger partial charge in [0.25, 0.3) is 0 Å². The number of hydrogen-bond acceptors (Lipinski definition) is 5. The van der Waals surface area contributed by atoms with Crippen LogP contribution in [0.1, 0.15) is 32.3 Å². The van der Waals surface area contributed by atoms with Crippen LogP contribution in [-0.2, 0) is 0 Å². The van der Waals surface area contributed by atoms with Gasteiger partial charge in [-0.25, -0.2) is 9.97 Å². The summed E-state index contributed by atoms with van der Waals surface area (Å²) in [5.41, 5.74) is 6.69. The van der Waals surface area contributed by atoms with Crippen molar-refractivity contribution in [2.24, 2.45) is 0 Å². The van der Waals surface area contributed by atoms with Gasteiger partial charge in [-0.05, 0) is 12.8 Å². The Morgan fingerprint density at radius 1 is 1.40 bits per heavy atom. The van der Waals surface area contributed by atoms with Crippen molar-refractivity contribution < 1.29 is 5.11 Å². The monoisotopic (exact) mass is 210 g/mol. The zero-order chi connectivity index (χ0) is 11.4. The first-order chi connectivity index (χ1) is 7.06. The lowest BCUT2D eigenvalue weighted by molar-refractivity contribution is 0.281. The number of nitrogens with two attached hydrogens (primary N) is 1. The number of aromatic nitrogens is 2. The summed E-state index contributed by atoms with van der Waals surface area (Å²) in [7, 11) is 0. The first kappa shape index (κ1) is 11.7. The summed E-state index contributed by atoms with van der Waals surface area (Å²) in [6.45, 7) is 6.00. The topological polar surface area (TPSA) is 84.1 Å². The molecule has 0 fully saturated rings. The van der Waals surface area contributed by atoms with Crippen molar-refractivity contribution in [3.63, 3.8) is 0 Å². The molecule has 0 aliphatic carbocycles. The maximum Gasteiger partial charge on any atom is 0.135 e. The van der Waals surface area contributed by atoms with E-state index in [-0.39, 0.29) is 18.6 Å². The van der Waals surface area contributed by atoms with E-state index in [0.29, 0.717) is 11.6 Å². The van der Waals surface area contributed by atoms with Crippen molar-refractivity contribution in [3.8, 4) is 0 Å². The van der Waals surface area contributed by atoms with E-state index in [1.165, 1.54) is 6.33 Å². The Hall–Kier alpha value is -1.36. The molecular formula is C10H18N4O. The Balaban J connectivity index is 3.00. The van der Waals surface area contributed by atoms with E-state index in [4.69, 9.17) is 10.8 Å². The van der Waals surface area contributed by atoms with Gasteiger partial charge in [-0.3, -0.25) is 0 Å². The zero-order valence-corrected chi connectivity index (χ0v) is 9.36. The molecule has 84 valence electrons. The summed E-state index contributed by atoms with van der Waals surface area (Å²) in [6.07, 6.45) is 1.42. The average molecular weight is 210 g/mol. The predicted molar refractivity (Wildman–Crippen MR) is 60.7 cm³/mol. The maximum absolute atomic E-state index is 8.96. The highest BCUT2D eigenvalue weighted by molar-refractivity contribution is 5.56. The van der Waals surface area contributed by atoms with Crippen molar-refractivity contribution >= 4 is 11.6 Å². The van der Waals surface area contributed by atoms with E-state index in [1.54, 1.807) is 0 Å². The average Bonchev–Trinajstić information content (AvgIpc) is 2.17. The minimum absolute atomic E-state index is 0.0446. The lowest BCUT2D eigenvalue weighted by Crippen LogP contribution is -2.22. The molecule has 1 unspecified atom stereocenters. The molecule has 0 aliphatic heterocycles. The van der Waals surface area contributed by atoms with Crippen LogP contribution in [0.2, 0.25) is 0 Å². The van der Waals surface area contributed by atoms with E-state index < -0.39 is 0 Å². The minimum atomic E-state index is -0.0446. The fourth-order valence-corrected chi connectivity index (χ4v) is 1.37. The van der Waals surface area contributed by atoms with Gasteiger partial charge in [-0.1, -0.05) is 13.8 Å². The van der Waals surface area contributed by atoms with Crippen LogP contribution in [0, 0.1) is 0 Å². The van der Waals surface area contributed by atoms with Crippen LogP contribution in [0.5, 0.6) is 0 Å². The zero-order valence-electron chi connectivity index (χ0n) is 9.36. The Morgan fingerprint density at radius 2 is 2.07 bits per heavy atom. The Morgan fingerprint density at radius 3 is 2.60 bits per heavy atom. The van der Waals surface area contributed by atoms with E-state index in [0.717, 1.165) is 5.56 Å². The molecule has 1 heterocycles.